The second-order valence-electron chi connectivity index (χ2n) is 3.06. The predicted molar refractivity (Wildman–Crippen MR) is 55.6 cm³/mol. The van der Waals surface area contributed by atoms with Crippen molar-refractivity contribution in [3.05, 3.63) is 36.4 Å². The van der Waals surface area contributed by atoms with Crippen molar-refractivity contribution >= 4 is 0 Å². The lowest BCUT2D eigenvalue weighted by Gasteiger charge is -2.03. The highest BCUT2D eigenvalue weighted by Gasteiger charge is 1.94. The zero-order valence-electron chi connectivity index (χ0n) is 8.36. The second kappa shape index (κ2) is 6.04. The van der Waals surface area contributed by atoms with Crippen molar-refractivity contribution in [2.45, 2.75) is 26.2 Å². The largest absolute Gasteiger partial charge is 0.487 e. The maximum Gasteiger partial charge on any atom is 0.135 e. The molecule has 0 amide bonds. The van der Waals surface area contributed by atoms with Crippen molar-refractivity contribution < 1.29 is 4.74 Å². The summed E-state index contributed by atoms with van der Waals surface area (Å²) in [5.41, 5.74) is 0.658. The molecule has 14 heavy (non-hydrogen) atoms. The number of nitrogens with zero attached hydrogens (tertiary/aromatic N) is 1. The van der Waals surface area contributed by atoms with E-state index in [0.29, 0.717) is 5.56 Å². The van der Waals surface area contributed by atoms with E-state index in [0.717, 1.165) is 18.6 Å². The molecule has 1 radical (unpaired) electrons. The van der Waals surface area contributed by atoms with Crippen LogP contribution in [-0.4, -0.2) is 0 Å². The van der Waals surface area contributed by atoms with Gasteiger partial charge in [-0.25, -0.2) is 0 Å². The molecule has 0 saturated heterocycles. The van der Waals surface area contributed by atoms with E-state index in [1.54, 1.807) is 24.3 Å². The molecular formula is C12H14NO. The Balaban J connectivity index is 2.33. The zero-order chi connectivity index (χ0) is 10.2. The van der Waals surface area contributed by atoms with Crippen LogP contribution in [0.25, 0.3) is 0 Å². The van der Waals surface area contributed by atoms with E-state index in [1.165, 1.54) is 6.42 Å². The van der Waals surface area contributed by atoms with Crippen molar-refractivity contribution in [2.75, 3.05) is 0 Å². The first-order chi connectivity index (χ1) is 6.86. The number of rotatable bonds is 5. The van der Waals surface area contributed by atoms with Gasteiger partial charge in [0.25, 0.3) is 0 Å². The quantitative estimate of drug-likeness (QED) is 0.664. The number of nitriles is 1. The molecular weight excluding hydrogens is 174 g/mol. The van der Waals surface area contributed by atoms with Crippen molar-refractivity contribution in [2.24, 2.45) is 0 Å². The molecule has 2 heteroatoms. The molecule has 0 saturated carbocycles. The monoisotopic (exact) mass is 188 g/mol. The lowest BCUT2D eigenvalue weighted by molar-refractivity contribution is 0.386. The van der Waals surface area contributed by atoms with Gasteiger partial charge in [-0.3, -0.25) is 0 Å². The number of hydrogen-bond donors (Lipinski definition) is 0. The summed E-state index contributed by atoms with van der Waals surface area (Å²) in [4.78, 5) is 0. The van der Waals surface area contributed by atoms with Crippen LogP contribution >= 0.6 is 0 Å². The third kappa shape index (κ3) is 3.49. The van der Waals surface area contributed by atoms with E-state index in [2.05, 4.69) is 13.0 Å². The summed E-state index contributed by atoms with van der Waals surface area (Å²) in [6.45, 7) is 3.96. The number of hydrogen-bond acceptors (Lipinski definition) is 2. The van der Waals surface area contributed by atoms with Crippen LogP contribution in [0.5, 0.6) is 5.75 Å². The van der Waals surface area contributed by atoms with Gasteiger partial charge in [0.2, 0.25) is 0 Å². The standard InChI is InChI=1S/C12H14NO/c1-2-3-4-9-14-12-7-5-11(10-13)6-8-12/h5-9H,2-4H2,1H3. The minimum atomic E-state index is 0.658. The van der Waals surface area contributed by atoms with Crippen LogP contribution in [-0.2, 0) is 0 Å². The van der Waals surface area contributed by atoms with Crippen LogP contribution in [0.1, 0.15) is 31.7 Å². The summed E-state index contributed by atoms with van der Waals surface area (Å²) in [5, 5.41) is 8.58. The molecule has 0 atom stereocenters. The molecule has 0 aliphatic rings. The van der Waals surface area contributed by atoms with Crippen LogP contribution in [0.15, 0.2) is 24.3 Å². The molecule has 1 aromatic carbocycles. The molecule has 0 unspecified atom stereocenters. The van der Waals surface area contributed by atoms with Gasteiger partial charge in [-0.1, -0.05) is 13.3 Å². The second-order valence-corrected chi connectivity index (χ2v) is 3.06. The molecule has 0 spiro atoms. The Kier molecular flexibility index (Phi) is 4.57. The Morgan fingerprint density at radius 3 is 2.64 bits per heavy atom. The van der Waals surface area contributed by atoms with Gasteiger partial charge < -0.3 is 4.74 Å². The van der Waals surface area contributed by atoms with Crippen LogP contribution in [0, 0.1) is 17.9 Å². The molecule has 73 valence electrons. The molecule has 0 aliphatic heterocycles. The Hall–Kier alpha value is -1.49. The highest BCUT2D eigenvalue weighted by molar-refractivity contribution is 5.34. The maximum atomic E-state index is 8.58. The van der Waals surface area contributed by atoms with Gasteiger partial charge in [0.05, 0.1) is 11.6 Å². The van der Waals surface area contributed by atoms with Crippen molar-refractivity contribution in [1.29, 1.82) is 5.26 Å². The lowest BCUT2D eigenvalue weighted by Crippen LogP contribution is -1.89. The van der Waals surface area contributed by atoms with Gasteiger partial charge in [0.15, 0.2) is 0 Å². The first kappa shape index (κ1) is 10.6. The van der Waals surface area contributed by atoms with Crippen LogP contribution in [0.3, 0.4) is 0 Å². The van der Waals surface area contributed by atoms with Crippen LogP contribution in [0.2, 0.25) is 0 Å². The summed E-state index contributed by atoms with van der Waals surface area (Å²) in [7, 11) is 0. The number of unbranched alkanes of at least 4 members (excludes halogenated alkanes) is 2. The van der Waals surface area contributed by atoms with Gasteiger partial charge in [0.1, 0.15) is 12.4 Å². The molecule has 1 aromatic rings. The predicted octanol–water partition coefficient (Wildman–Crippen LogP) is 3.29. The number of ether oxygens (including phenoxy) is 1. The summed E-state index contributed by atoms with van der Waals surface area (Å²) < 4.78 is 5.37. The van der Waals surface area contributed by atoms with E-state index in [4.69, 9.17) is 10.00 Å². The first-order valence-electron chi connectivity index (χ1n) is 4.85. The Morgan fingerprint density at radius 1 is 1.36 bits per heavy atom. The normalized spacial score (nSPS) is 9.43. The third-order valence-electron chi connectivity index (χ3n) is 1.88. The van der Waals surface area contributed by atoms with E-state index in [1.807, 2.05) is 6.61 Å². The van der Waals surface area contributed by atoms with Gasteiger partial charge in [0, 0.05) is 0 Å². The zero-order valence-corrected chi connectivity index (χ0v) is 8.36. The van der Waals surface area contributed by atoms with Gasteiger partial charge in [-0.2, -0.15) is 5.26 Å². The number of benzene rings is 1. The molecule has 0 fully saturated rings. The van der Waals surface area contributed by atoms with Crippen molar-refractivity contribution in [3.8, 4) is 11.8 Å². The fourth-order valence-corrected chi connectivity index (χ4v) is 1.05. The first-order valence-corrected chi connectivity index (χ1v) is 4.85. The van der Waals surface area contributed by atoms with Gasteiger partial charge in [-0.05, 0) is 37.1 Å². The van der Waals surface area contributed by atoms with Crippen molar-refractivity contribution in [3.63, 3.8) is 0 Å². The fourth-order valence-electron chi connectivity index (χ4n) is 1.05. The van der Waals surface area contributed by atoms with Crippen molar-refractivity contribution in [1.82, 2.24) is 0 Å². The fraction of sp³-hybridized carbons (Fsp3) is 0.333. The van der Waals surface area contributed by atoms with E-state index >= 15 is 0 Å². The highest BCUT2D eigenvalue weighted by Crippen LogP contribution is 2.13. The summed E-state index contributed by atoms with van der Waals surface area (Å²) in [6, 6.07) is 9.18. The summed E-state index contributed by atoms with van der Waals surface area (Å²) >= 11 is 0. The summed E-state index contributed by atoms with van der Waals surface area (Å²) in [5.74, 6) is 0.792. The SMILES string of the molecule is CCCC[CH]Oc1ccc(C#N)cc1. The molecule has 0 heterocycles. The minimum Gasteiger partial charge on any atom is -0.487 e. The van der Waals surface area contributed by atoms with Crippen LogP contribution in [0.4, 0.5) is 0 Å². The molecule has 2 nitrogen and oxygen atoms in total. The lowest BCUT2D eigenvalue weighted by atomic mass is 10.2. The van der Waals surface area contributed by atoms with E-state index in [-0.39, 0.29) is 0 Å². The average Bonchev–Trinajstić information content (AvgIpc) is 2.25. The van der Waals surface area contributed by atoms with Crippen LogP contribution < -0.4 is 4.74 Å². The average molecular weight is 188 g/mol. The highest BCUT2D eigenvalue weighted by atomic mass is 16.5. The van der Waals surface area contributed by atoms with E-state index in [9.17, 15) is 0 Å². The topological polar surface area (TPSA) is 33.0 Å². The minimum absolute atomic E-state index is 0.658. The Labute approximate surface area is 85.1 Å². The third-order valence-corrected chi connectivity index (χ3v) is 1.88. The Bertz CT molecular complexity index is 297. The molecule has 0 N–H and O–H groups in total. The van der Waals surface area contributed by atoms with Gasteiger partial charge in [-0.15, -0.1) is 0 Å². The molecule has 0 bridgehead atoms. The van der Waals surface area contributed by atoms with E-state index < -0.39 is 0 Å². The van der Waals surface area contributed by atoms with Gasteiger partial charge >= 0.3 is 0 Å². The summed E-state index contributed by atoms with van der Waals surface area (Å²) in [6.07, 6.45) is 3.29. The molecule has 0 aliphatic carbocycles. The Morgan fingerprint density at radius 2 is 2.07 bits per heavy atom. The maximum absolute atomic E-state index is 8.58. The molecule has 0 aromatic heterocycles. The smallest absolute Gasteiger partial charge is 0.135 e. The molecule has 1 rings (SSSR count).